The standard InChI is InChI=1S/C15H13BrCl3NO/c1-20-15(9-4-3-8(17)5-11(9)16)10-6-13(19)14(21-2)7-12(10)18/h3-7,15,20H,1-2H3. The molecule has 0 aliphatic carbocycles. The topological polar surface area (TPSA) is 21.3 Å². The summed E-state index contributed by atoms with van der Waals surface area (Å²) in [6.07, 6.45) is 0. The Morgan fingerprint density at radius 3 is 2.33 bits per heavy atom. The van der Waals surface area contributed by atoms with E-state index in [1.54, 1.807) is 13.2 Å². The molecule has 0 spiro atoms. The van der Waals surface area contributed by atoms with Gasteiger partial charge in [0.1, 0.15) is 5.75 Å². The molecule has 0 aliphatic rings. The van der Waals surface area contributed by atoms with Gasteiger partial charge in [0.2, 0.25) is 0 Å². The minimum atomic E-state index is -0.118. The fraction of sp³-hybridized carbons (Fsp3) is 0.200. The second-order valence-corrected chi connectivity index (χ2v) is 6.50. The van der Waals surface area contributed by atoms with Crippen LogP contribution in [0.4, 0.5) is 0 Å². The van der Waals surface area contributed by atoms with E-state index in [0.717, 1.165) is 15.6 Å². The first kappa shape index (κ1) is 16.9. The molecular formula is C15H13BrCl3NO. The van der Waals surface area contributed by atoms with E-state index in [2.05, 4.69) is 21.2 Å². The Hall–Kier alpha value is -0.450. The first-order valence-electron chi connectivity index (χ1n) is 6.13. The van der Waals surface area contributed by atoms with Crippen LogP contribution >= 0.6 is 50.7 Å². The van der Waals surface area contributed by atoms with Crippen LogP contribution in [0, 0.1) is 0 Å². The number of nitrogens with one attached hydrogen (secondary N) is 1. The van der Waals surface area contributed by atoms with Gasteiger partial charge in [-0.1, -0.05) is 56.8 Å². The molecule has 0 saturated heterocycles. The van der Waals surface area contributed by atoms with Crippen molar-refractivity contribution in [1.29, 1.82) is 0 Å². The molecule has 1 unspecified atom stereocenters. The molecule has 21 heavy (non-hydrogen) atoms. The summed E-state index contributed by atoms with van der Waals surface area (Å²) in [5, 5.41) is 5.01. The first-order chi connectivity index (χ1) is 9.97. The van der Waals surface area contributed by atoms with Crippen molar-refractivity contribution >= 4 is 50.7 Å². The van der Waals surface area contributed by atoms with E-state index in [9.17, 15) is 0 Å². The number of halogens is 4. The van der Waals surface area contributed by atoms with Crippen molar-refractivity contribution in [3.63, 3.8) is 0 Å². The van der Waals surface area contributed by atoms with Crippen LogP contribution in [0.5, 0.6) is 5.75 Å². The second kappa shape index (κ2) is 7.21. The van der Waals surface area contributed by atoms with Crippen LogP contribution in [-0.4, -0.2) is 14.2 Å². The van der Waals surface area contributed by atoms with Crippen molar-refractivity contribution in [2.45, 2.75) is 6.04 Å². The average Bonchev–Trinajstić information content (AvgIpc) is 2.45. The third-order valence-corrected chi connectivity index (χ3v) is 4.69. The normalized spacial score (nSPS) is 12.3. The van der Waals surface area contributed by atoms with E-state index in [1.165, 1.54) is 0 Å². The Bertz CT molecular complexity index is 664. The zero-order valence-corrected chi connectivity index (χ0v) is 15.2. The van der Waals surface area contributed by atoms with Gasteiger partial charge in [0.15, 0.2) is 0 Å². The maximum Gasteiger partial charge on any atom is 0.138 e. The van der Waals surface area contributed by atoms with Gasteiger partial charge < -0.3 is 10.1 Å². The zero-order chi connectivity index (χ0) is 15.6. The Labute approximate surface area is 147 Å². The van der Waals surface area contributed by atoms with Gasteiger partial charge in [-0.25, -0.2) is 0 Å². The highest BCUT2D eigenvalue weighted by molar-refractivity contribution is 9.10. The van der Waals surface area contributed by atoms with Crippen molar-refractivity contribution in [2.24, 2.45) is 0 Å². The van der Waals surface area contributed by atoms with Gasteiger partial charge in [-0.15, -0.1) is 0 Å². The molecule has 1 atom stereocenters. The Morgan fingerprint density at radius 1 is 1.05 bits per heavy atom. The van der Waals surface area contributed by atoms with E-state index >= 15 is 0 Å². The van der Waals surface area contributed by atoms with Crippen molar-refractivity contribution in [2.75, 3.05) is 14.2 Å². The fourth-order valence-electron chi connectivity index (χ4n) is 2.14. The predicted molar refractivity (Wildman–Crippen MR) is 93.1 cm³/mol. The van der Waals surface area contributed by atoms with Crippen LogP contribution < -0.4 is 10.1 Å². The number of methoxy groups -OCH3 is 1. The van der Waals surface area contributed by atoms with Crippen molar-refractivity contribution in [1.82, 2.24) is 5.32 Å². The number of hydrogen-bond acceptors (Lipinski definition) is 2. The lowest BCUT2D eigenvalue weighted by Crippen LogP contribution is -2.18. The molecular weight excluding hydrogens is 396 g/mol. The SMILES string of the molecule is CNC(c1cc(Cl)c(OC)cc1Cl)c1ccc(Cl)cc1Br. The van der Waals surface area contributed by atoms with E-state index in [1.807, 2.05) is 31.3 Å². The van der Waals surface area contributed by atoms with Crippen LogP contribution in [0.15, 0.2) is 34.8 Å². The molecule has 112 valence electrons. The lowest BCUT2D eigenvalue weighted by Gasteiger charge is -2.21. The Balaban J connectivity index is 2.53. The maximum atomic E-state index is 6.37. The third kappa shape index (κ3) is 3.66. The van der Waals surface area contributed by atoms with Crippen LogP contribution in [-0.2, 0) is 0 Å². The molecule has 2 aromatic carbocycles. The molecule has 2 aromatic rings. The van der Waals surface area contributed by atoms with Crippen LogP contribution in [0.3, 0.4) is 0 Å². The summed E-state index contributed by atoms with van der Waals surface area (Å²) < 4.78 is 6.08. The number of hydrogen-bond donors (Lipinski definition) is 1. The summed E-state index contributed by atoms with van der Waals surface area (Å²) in [5.74, 6) is 0.551. The molecule has 1 N–H and O–H groups in total. The summed E-state index contributed by atoms with van der Waals surface area (Å²) in [4.78, 5) is 0. The van der Waals surface area contributed by atoms with Gasteiger partial charge in [-0.2, -0.15) is 0 Å². The van der Waals surface area contributed by atoms with Gasteiger partial charge in [-0.05, 0) is 36.4 Å². The molecule has 2 rings (SSSR count). The lowest BCUT2D eigenvalue weighted by molar-refractivity contribution is 0.415. The van der Waals surface area contributed by atoms with E-state index in [-0.39, 0.29) is 6.04 Å². The first-order valence-corrected chi connectivity index (χ1v) is 8.05. The van der Waals surface area contributed by atoms with Gasteiger partial charge >= 0.3 is 0 Å². The molecule has 0 bridgehead atoms. The van der Waals surface area contributed by atoms with Crippen LogP contribution in [0.25, 0.3) is 0 Å². The minimum absolute atomic E-state index is 0.118. The Kier molecular flexibility index (Phi) is 5.81. The molecule has 0 aliphatic heterocycles. The largest absolute Gasteiger partial charge is 0.495 e. The molecule has 0 heterocycles. The van der Waals surface area contributed by atoms with Crippen molar-refractivity contribution in [3.8, 4) is 5.75 Å². The molecule has 6 heteroatoms. The second-order valence-electron chi connectivity index (χ2n) is 4.40. The minimum Gasteiger partial charge on any atom is -0.495 e. The molecule has 0 aromatic heterocycles. The smallest absolute Gasteiger partial charge is 0.138 e. The average molecular weight is 410 g/mol. The highest BCUT2D eigenvalue weighted by Crippen LogP contribution is 2.38. The van der Waals surface area contributed by atoms with E-state index in [4.69, 9.17) is 39.5 Å². The van der Waals surface area contributed by atoms with Crippen molar-refractivity contribution in [3.05, 3.63) is 61.0 Å². The maximum absolute atomic E-state index is 6.37. The summed E-state index contributed by atoms with van der Waals surface area (Å²) in [5.41, 5.74) is 1.89. The molecule has 0 fully saturated rings. The van der Waals surface area contributed by atoms with Gasteiger partial charge in [0, 0.05) is 20.6 Å². The lowest BCUT2D eigenvalue weighted by atomic mass is 9.98. The third-order valence-electron chi connectivity index (χ3n) is 3.14. The highest BCUT2D eigenvalue weighted by Gasteiger charge is 2.20. The fourth-order valence-corrected chi connectivity index (χ4v) is 3.56. The van der Waals surface area contributed by atoms with Gasteiger partial charge in [0.05, 0.1) is 18.2 Å². The molecule has 2 nitrogen and oxygen atoms in total. The van der Waals surface area contributed by atoms with Crippen LogP contribution in [0.1, 0.15) is 17.2 Å². The summed E-state index contributed by atoms with van der Waals surface area (Å²) in [6.45, 7) is 0. The molecule has 0 radical (unpaired) electrons. The molecule has 0 amide bonds. The number of ether oxygens (including phenoxy) is 1. The molecule has 0 saturated carbocycles. The summed E-state index contributed by atoms with van der Waals surface area (Å²) in [6, 6.07) is 9.04. The quantitative estimate of drug-likeness (QED) is 0.697. The van der Waals surface area contributed by atoms with E-state index < -0.39 is 0 Å². The number of benzene rings is 2. The van der Waals surface area contributed by atoms with E-state index in [0.29, 0.717) is 20.8 Å². The van der Waals surface area contributed by atoms with Gasteiger partial charge in [0.25, 0.3) is 0 Å². The Morgan fingerprint density at radius 2 is 1.76 bits per heavy atom. The van der Waals surface area contributed by atoms with Crippen LogP contribution in [0.2, 0.25) is 15.1 Å². The highest BCUT2D eigenvalue weighted by atomic mass is 79.9. The van der Waals surface area contributed by atoms with Gasteiger partial charge in [-0.3, -0.25) is 0 Å². The van der Waals surface area contributed by atoms with Crippen molar-refractivity contribution < 1.29 is 4.74 Å². The monoisotopic (exact) mass is 407 g/mol. The zero-order valence-electron chi connectivity index (χ0n) is 11.4. The summed E-state index contributed by atoms with van der Waals surface area (Å²) in [7, 11) is 3.42. The predicted octanol–water partition coefficient (Wildman–Crippen LogP) is 5.73. The number of rotatable bonds is 4. The summed E-state index contributed by atoms with van der Waals surface area (Å²) >= 11 is 22.1.